The molecule has 0 radical (unpaired) electrons. The lowest BCUT2D eigenvalue weighted by molar-refractivity contribution is -0.144. The largest absolute Gasteiger partial charge is 0.479 e. The van der Waals surface area contributed by atoms with Crippen molar-refractivity contribution in [2.24, 2.45) is 0 Å². The van der Waals surface area contributed by atoms with Crippen molar-refractivity contribution < 1.29 is 19.4 Å². The maximum Gasteiger partial charge on any atom is 0.332 e. The van der Waals surface area contributed by atoms with Gasteiger partial charge in [-0.1, -0.05) is 6.07 Å². The molecule has 0 spiro atoms. The van der Waals surface area contributed by atoms with Gasteiger partial charge in [0.2, 0.25) is 0 Å². The quantitative estimate of drug-likeness (QED) is 0.869. The van der Waals surface area contributed by atoms with E-state index in [2.05, 4.69) is 5.32 Å². The number of aliphatic carboxylic acids is 1. The maximum absolute atomic E-state index is 12.0. The second kappa shape index (κ2) is 5.58. The molecule has 1 unspecified atom stereocenters. The van der Waals surface area contributed by atoms with Crippen LogP contribution >= 0.6 is 11.3 Å². The van der Waals surface area contributed by atoms with Crippen LogP contribution in [0, 0.1) is 0 Å². The molecule has 0 aromatic carbocycles. The highest BCUT2D eigenvalue weighted by Gasteiger charge is 2.44. The lowest BCUT2D eigenvalue weighted by Gasteiger charge is -2.27. The van der Waals surface area contributed by atoms with Crippen LogP contribution in [0.5, 0.6) is 0 Å². The van der Waals surface area contributed by atoms with E-state index in [4.69, 9.17) is 4.74 Å². The molecule has 1 aromatic heterocycles. The summed E-state index contributed by atoms with van der Waals surface area (Å²) in [4.78, 5) is 25.8. The molecular formula is C12H16N2O4S. The van der Waals surface area contributed by atoms with Crippen molar-refractivity contribution in [2.45, 2.75) is 18.5 Å². The van der Waals surface area contributed by atoms with Crippen LogP contribution < -0.4 is 5.32 Å². The first-order valence-electron chi connectivity index (χ1n) is 5.90. The summed E-state index contributed by atoms with van der Waals surface area (Å²) in [5, 5.41) is 13.7. The van der Waals surface area contributed by atoms with Crippen LogP contribution in [0.25, 0.3) is 0 Å². The minimum atomic E-state index is -1.29. The Bertz CT molecular complexity index is 454. The minimum Gasteiger partial charge on any atom is -0.479 e. The van der Waals surface area contributed by atoms with E-state index in [1.54, 1.807) is 18.4 Å². The highest BCUT2D eigenvalue weighted by Crippen LogP contribution is 2.19. The zero-order chi connectivity index (χ0) is 13.9. The Morgan fingerprint density at radius 2 is 2.42 bits per heavy atom. The van der Waals surface area contributed by atoms with Crippen LogP contribution in [0.1, 0.15) is 11.3 Å². The normalized spacial score (nSPS) is 22.2. The van der Waals surface area contributed by atoms with Gasteiger partial charge >= 0.3 is 12.0 Å². The third-order valence-corrected chi connectivity index (χ3v) is 3.96. The highest BCUT2D eigenvalue weighted by molar-refractivity contribution is 7.09. The molecule has 0 aliphatic carbocycles. The number of ether oxygens (including phenoxy) is 1. The van der Waals surface area contributed by atoms with E-state index < -0.39 is 17.5 Å². The van der Waals surface area contributed by atoms with Gasteiger partial charge in [-0.05, 0) is 11.4 Å². The van der Waals surface area contributed by atoms with E-state index in [1.165, 1.54) is 4.90 Å². The van der Waals surface area contributed by atoms with Gasteiger partial charge in [0.25, 0.3) is 0 Å². The van der Waals surface area contributed by atoms with E-state index in [0.717, 1.165) is 4.88 Å². The average molecular weight is 284 g/mol. The molecule has 6 nitrogen and oxygen atoms in total. The molecule has 19 heavy (non-hydrogen) atoms. The molecule has 2 heterocycles. The Balaban J connectivity index is 1.97. The number of nitrogens with one attached hydrogen (secondary N) is 1. The first-order chi connectivity index (χ1) is 9.03. The molecule has 2 rings (SSSR count). The van der Waals surface area contributed by atoms with Crippen LogP contribution in [0.2, 0.25) is 0 Å². The lowest BCUT2D eigenvalue weighted by Crippen LogP contribution is -2.57. The summed E-state index contributed by atoms with van der Waals surface area (Å²) in [6.07, 6.45) is 0.293. The zero-order valence-corrected chi connectivity index (χ0v) is 11.4. The molecule has 2 N–H and O–H groups in total. The molecule has 0 bridgehead atoms. The number of carbonyl (C=O) groups excluding carboxylic acids is 1. The van der Waals surface area contributed by atoms with Crippen molar-refractivity contribution in [3.8, 4) is 0 Å². The number of hydrogen-bond acceptors (Lipinski definition) is 4. The molecular weight excluding hydrogens is 268 g/mol. The lowest BCUT2D eigenvalue weighted by atomic mass is 9.99. The predicted octanol–water partition coefficient (Wildman–Crippen LogP) is 1.13. The van der Waals surface area contributed by atoms with Gasteiger partial charge < -0.3 is 20.1 Å². The SMILES string of the molecule is CN(Cc1cccs1)C(=O)NC1(C(=O)O)CCOC1. The summed E-state index contributed by atoms with van der Waals surface area (Å²) in [5.41, 5.74) is -1.29. The molecule has 1 aliphatic rings. The first kappa shape index (κ1) is 13.8. The number of thiophene rings is 1. The van der Waals surface area contributed by atoms with Crippen molar-refractivity contribution in [1.82, 2.24) is 10.2 Å². The summed E-state index contributed by atoms with van der Waals surface area (Å²) < 4.78 is 5.10. The summed E-state index contributed by atoms with van der Waals surface area (Å²) in [6, 6.07) is 3.44. The van der Waals surface area contributed by atoms with Crippen molar-refractivity contribution >= 4 is 23.3 Å². The van der Waals surface area contributed by atoms with Gasteiger partial charge in [0.05, 0.1) is 13.2 Å². The zero-order valence-electron chi connectivity index (χ0n) is 10.6. The molecule has 1 aliphatic heterocycles. The number of rotatable bonds is 4. The fourth-order valence-electron chi connectivity index (χ4n) is 1.89. The van der Waals surface area contributed by atoms with Crippen molar-refractivity contribution in [1.29, 1.82) is 0 Å². The second-order valence-electron chi connectivity index (χ2n) is 4.56. The smallest absolute Gasteiger partial charge is 0.332 e. The number of nitrogens with zero attached hydrogens (tertiary/aromatic N) is 1. The van der Waals surface area contributed by atoms with Gasteiger partial charge in [-0.25, -0.2) is 9.59 Å². The average Bonchev–Trinajstić information content (AvgIpc) is 3.00. The predicted molar refractivity (Wildman–Crippen MR) is 70.1 cm³/mol. The highest BCUT2D eigenvalue weighted by atomic mass is 32.1. The summed E-state index contributed by atoms with van der Waals surface area (Å²) in [5.74, 6) is -1.05. The fourth-order valence-corrected chi connectivity index (χ4v) is 2.65. The van der Waals surface area contributed by atoms with Crippen molar-refractivity contribution in [2.75, 3.05) is 20.3 Å². The molecule has 0 saturated carbocycles. The van der Waals surface area contributed by atoms with E-state index in [9.17, 15) is 14.7 Å². The second-order valence-corrected chi connectivity index (χ2v) is 5.59. The molecule has 1 saturated heterocycles. The maximum atomic E-state index is 12.0. The van der Waals surface area contributed by atoms with Gasteiger partial charge in [-0.15, -0.1) is 11.3 Å². The number of amides is 2. The van der Waals surface area contributed by atoms with Gasteiger partial charge in [0.1, 0.15) is 0 Å². The van der Waals surface area contributed by atoms with Gasteiger partial charge in [0.15, 0.2) is 5.54 Å². The Kier molecular flexibility index (Phi) is 4.06. The topological polar surface area (TPSA) is 78.9 Å². The number of carbonyl (C=O) groups is 2. The third kappa shape index (κ3) is 3.05. The molecule has 1 atom stereocenters. The van der Waals surface area contributed by atoms with Gasteiger partial charge in [-0.2, -0.15) is 0 Å². The molecule has 2 amide bonds. The Morgan fingerprint density at radius 1 is 1.63 bits per heavy atom. The first-order valence-corrected chi connectivity index (χ1v) is 6.78. The number of urea groups is 1. The van der Waals surface area contributed by atoms with E-state index in [1.807, 2.05) is 17.5 Å². The third-order valence-electron chi connectivity index (χ3n) is 3.10. The van der Waals surface area contributed by atoms with Gasteiger partial charge in [0, 0.05) is 25.0 Å². The number of carboxylic acid groups (broad SMARTS) is 1. The minimum absolute atomic E-state index is 0.0148. The Morgan fingerprint density at radius 3 is 2.95 bits per heavy atom. The van der Waals surface area contributed by atoms with E-state index in [0.29, 0.717) is 19.6 Å². The Hall–Kier alpha value is -1.60. The van der Waals surface area contributed by atoms with Crippen LogP contribution in [-0.2, 0) is 16.1 Å². The van der Waals surface area contributed by atoms with Crippen molar-refractivity contribution in [3.63, 3.8) is 0 Å². The van der Waals surface area contributed by atoms with E-state index in [-0.39, 0.29) is 6.61 Å². The summed E-state index contributed by atoms with van der Waals surface area (Å²) in [7, 11) is 1.64. The summed E-state index contributed by atoms with van der Waals surface area (Å²) in [6.45, 7) is 0.822. The fraction of sp³-hybridized carbons (Fsp3) is 0.500. The van der Waals surface area contributed by atoms with Gasteiger partial charge in [-0.3, -0.25) is 0 Å². The number of hydrogen-bond donors (Lipinski definition) is 2. The molecule has 7 heteroatoms. The van der Waals surface area contributed by atoms with Crippen LogP contribution in [-0.4, -0.2) is 47.8 Å². The molecule has 104 valence electrons. The Labute approximate surface area is 115 Å². The monoisotopic (exact) mass is 284 g/mol. The van der Waals surface area contributed by atoms with Crippen molar-refractivity contribution in [3.05, 3.63) is 22.4 Å². The van der Waals surface area contributed by atoms with E-state index >= 15 is 0 Å². The number of carboxylic acids is 1. The van der Waals surface area contributed by atoms with Crippen LogP contribution in [0.15, 0.2) is 17.5 Å². The standard InChI is InChI=1S/C12H16N2O4S/c1-14(7-9-3-2-6-19-9)11(17)13-12(10(15)16)4-5-18-8-12/h2-3,6H,4-5,7-8H2,1H3,(H,13,17)(H,15,16). The molecule has 1 fully saturated rings. The molecule has 1 aromatic rings. The summed E-state index contributed by atoms with van der Waals surface area (Å²) >= 11 is 1.55. The van der Waals surface area contributed by atoms with Crippen LogP contribution in [0.3, 0.4) is 0 Å². The van der Waals surface area contributed by atoms with Crippen LogP contribution in [0.4, 0.5) is 4.79 Å².